The highest BCUT2D eigenvalue weighted by molar-refractivity contribution is 5.16. The third kappa shape index (κ3) is 3.99. The summed E-state index contributed by atoms with van der Waals surface area (Å²) in [6.07, 6.45) is 1.99. The second-order valence-corrected chi connectivity index (χ2v) is 4.41. The van der Waals surface area contributed by atoms with E-state index < -0.39 is 0 Å². The van der Waals surface area contributed by atoms with Crippen molar-refractivity contribution in [3.05, 3.63) is 23.7 Å². The summed E-state index contributed by atoms with van der Waals surface area (Å²) in [5.41, 5.74) is 1.19. The van der Waals surface area contributed by atoms with Crippen molar-refractivity contribution in [2.24, 2.45) is 5.92 Å². The predicted octanol–water partition coefficient (Wildman–Crippen LogP) is 2.95. The van der Waals surface area contributed by atoms with E-state index in [-0.39, 0.29) is 6.10 Å². The van der Waals surface area contributed by atoms with E-state index >= 15 is 0 Å². The summed E-state index contributed by atoms with van der Waals surface area (Å²) in [5, 5.41) is 3.29. The van der Waals surface area contributed by atoms with Crippen molar-refractivity contribution < 1.29 is 9.15 Å². The lowest BCUT2D eigenvalue weighted by molar-refractivity contribution is 0.0144. The topological polar surface area (TPSA) is 34.4 Å². The normalized spacial score (nSPS) is 13.3. The Labute approximate surface area is 98.2 Å². The Kier molecular flexibility index (Phi) is 5.56. The van der Waals surface area contributed by atoms with Gasteiger partial charge in [0.15, 0.2) is 0 Å². The van der Waals surface area contributed by atoms with Crippen LogP contribution in [-0.4, -0.2) is 12.6 Å². The monoisotopic (exact) mass is 225 g/mol. The molecule has 0 spiro atoms. The molecule has 0 saturated heterocycles. The molecule has 0 aromatic carbocycles. The first kappa shape index (κ1) is 13.3. The van der Waals surface area contributed by atoms with Gasteiger partial charge < -0.3 is 14.5 Å². The fraction of sp³-hybridized carbons (Fsp3) is 0.692. The third-order valence-electron chi connectivity index (χ3n) is 2.82. The van der Waals surface area contributed by atoms with Gasteiger partial charge in [0, 0.05) is 12.1 Å². The van der Waals surface area contributed by atoms with Gasteiger partial charge in [-0.2, -0.15) is 0 Å². The Morgan fingerprint density at radius 1 is 1.38 bits per heavy atom. The maximum absolute atomic E-state index is 5.75. The van der Waals surface area contributed by atoms with E-state index in [4.69, 9.17) is 9.15 Å². The molecule has 1 aromatic heterocycles. The first-order valence-electron chi connectivity index (χ1n) is 6.02. The third-order valence-corrected chi connectivity index (χ3v) is 2.82. The zero-order valence-corrected chi connectivity index (χ0v) is 10.7. The van der Waals surface area contributed by atoms with Gasteiger partial charge in [-0.1, -0.05) is 20.8 Å². The SMILES string of the molecule is CCNCc1ccoc1COC(C)C(C)C. The van der Waals surface area contributed by atoms with Gasteiger partial charge in [0.25, 0.3) is 0 Å². The minimum Gasteiger partial charge on any atom is -0.467 e. The van der Waals surface area contributed by atoms with E-state index in [9.17, 15) is 0 Å². The van der Waals surface area contributed by atoms with E-state index in [1.165, 1.54) is 5.56 Å². The van der Waals surface area contributed by atoms with Crippen molar-refractivity contribution in [2.75, 3.05) is 6.54 Å². The largest absolute Gasteiger partial charge is 0.467 e. The summed E-state index contributed by atoms with van der Waals surface area (Å²) >= 11 is 0. The number of furan rings is 1. The summed E-state index contributed by atoms with van der Waals surface area (Å²) in [4.78, 5) is 0. The predicted molar refractivity (Wildman–Crippen MR) is 65.2 cm³/mol. The molecule has 3 heteroatoms. The molecule has 16 heavy (non-hydrogen) atoms. The first-order chi connectivity index (χ1) is 7.65. The fourth-order valence-electron chi connectivity index (χ4n) is 1.31. The highest BCUT2D eigenvalue weighted by atomic mass is 16.5. The molecule has 1 heterocycles. The van der Waals surface area contributed by atoms with Crippen molar-refractivity contribution in [3.8, 4) is 0 Å². The number of hydrogen-bond donors (Lipinski definition) is 1. The second-order valence-electron chi connectivity index (χ2n) is 4.41. The van der Waals surface area contributed by atoms with Crippen LogP contribution in [0.5, 0.6) is 0 Å². The Morgan fingerprint density at radius 2 is 2.12 bits per heavy atom. The molecule has 0 aliphatic rings. The lowest BCUT2D eigenvalue weighted by Gasteiger charge is -2.16. The minimum absolute atomic E-state index is 0.261. The summed E-state index contributed by atoms with van der Waals surface area (Å²) in [6.45, 7) is 10.9. The lowest BCUT2D eigenvalue weighted by Crippen LogP contribution is -2.16. The van der Waals surface area contributed by atoms with Crippen molar-refractivity contribution in [2.45, 2.75) is 47.0 Å². The van der Waals surface area contributed by atoms with Gasteiger partial charge in [0.2, 0.25) is 0 Å². The Morgan fingerprint density at radius 3 is 2.75 bits per heavy atom. The van der Waals surface area contributed by atoms with Crippen LogP contribution < -0.4 is 5.32 Å². The molecule has 1 N–H and O–H groups in total. The highest BCUT2D eigenvalue weighted by Gasteiger charge is 2.11. The van der Waals surface area contributed by atoms with Crippen LogP contribution in [0.2, 0.25) is 0 Å². The number of hydrogen-bond acceptors (Lipinski definition) is 3. The van der Waals surface area contributed by atoms with E-state index in [0.717, 1.165) is 18.8 Å². The minimum atomic E-state index is 0.261. The van der Waals surface area contributed by atoms with Crippen LogP contribution in [0.1, 0.15) is 39.0 Å². The van der Waals surface area contributed by atoms with Crippen molar-refractivity contribution in [1.82, 2.24) is 5.32 Å². The van der Waals surface area contributed by atoms with Gasteiger partial charge >= 0.3 is 0 Å². The molecular weight excluding hydrogens is 202 g/mol. The van der Waals surface area contributed by atoms with Gasteiger partial charge in [-0.15, -0.1) is 0 Å². The smallest absolute Gasteiger partial charge is 0.133 e. The maximum Gasteiger partial charge on any atom is 0.133 e. The molecule has 3 nitrogen and oxygen atoms in total. The van der Waals surface area contributed by atoms with Crippen LogP contribution in [0.3, 0.4) is 0 Å². The Hall–Kier alpha value is -0.800. The summed E-state index contributed by atoms with van der Waals surface area (Å²) < 4.78 is 11.2. The fourth-order valence-corrected chi connectivity index (χ4v) is 1.31. The summed E-state index contributed by atoms with van der Waals surface area (Å²) in [6, 6.07) is 2.00. The second kappa shape index (κ2) is 6.71. The zero-order valence-electron chi connectivity index (χ0n) is 10.7. The molecule has 1 atom stereocenters. The van der Waals surface area contributed by atoms with Gasteiger partial charge in [-0.25, -0.2) is 0 Å². The first-order valence-corrected chi connectivity index (χ1v) is 6.02. The number of rotatable bonds is 7. The van der Waals surface area contributed by atoms with Crippen molar-refractivity contribution in [3.63, 3.8) is 0 Å². The Bertz CT molecular complexity index is 294. The molecular formula is C13H23NO2. The Balaban J connectivity index is 2.44. The molecule has 1 rings (SSSR count). The van der Waals surface area contributed by atoms with Gasteiger partial charge in [-0.05, 0) is 25.5 Å². The van der Waals surface area contributed by atoms with Gasteiger partial charge in [0.1, 0.15) is 12.4 Å². The molecule has 92 valence electrons. The zero-order chi connectivity index (χ0) is 12.0. The standard InChI is InChI=1S/C13H23NO2/c1-5-14-8-12-6-7-15-13(12)9-16-11(4)10(2)3/h6-7,10-11,14H,5,8-9H2,1-4H3. The van der Waals surface area contributed by atoms with Crippen LogP contribution >= 0.6 is 0 Å². The van der Waals surface area contributed by atoms with Crippen LogP contribution in [0.4, 0.5) is 0 Å². The van der Waals surface area contributed by atoms with Gasteiger partial charge in [-0.3, -0.25) is 0 Å². The van der Waals surface area contributed by atoms with E-state index in [1.54, 1.807) is 6.26 Å². The molecule has 0 fully saturated rings. The number of nitrogens with one attached hydrogen (secondary N) is 1. The molecule has 0 aliphatic heterocycles. The molecule has 0 amide bonds. The van der Waals surface area contributed by atoms with E-state index in [2.05, 4.69) is 33.0 Å². The van der Waals surface area contributed by atoms with Crippen molar-refractivity contribution >= 4 is 0 Å². The molecule has 0 aliphatic carbocycles. The van der Waals surface area contributed by atoms with Crippen LogP contribution in [0.25, 0.3) is 0 Å². The summed E-state index contributed by atoms with van der Waals surface area (Å²) in [5.74, 6) is 1.47. The maximum atomic E-state index is 5.75. The van der Waals surface area contributed by atoms with Crippen LogP contribution in [0.15, 0.2) is 16.7 Å². The number of ether oxygens (including phenoxy) is 1. The molecule has 1 aromatic rings. The highest BCUT2D eigenvalue weighted by Crippen LogP contribution is 2.14. The van der Waals surface area contributed by atoms with Crippen LogP contribution in [-0.2, 0) is 17.9 Å². The van der Waals surface area contributed by atoms with Gasteiger partial charge in [0.05, 0.1) is 12.4 Å². The lowest BCUT2D eigenvalue weighted by atomic mass is 10.1. The average Bonchev–Trinajstić information content (AvgIpc) is 2.70. The van der Waals surface area contributed by atoms with Crippen molar-refractivity contribution in [1.29, 1.82) is 0 Å². The van der Waals surface area contributed by atoms with Crippen LogP contribution in [0, 0.1) is 5.92 Å². The van der Waals surface area contributed by atoms with E-state index in [0.29, 0.717) is 12.5 Å². The summed E-state index contributed by atoms with van der Waals surface area (Å²) in [7, 11) is 0. The molecule has 0 radical (unpaired) electrons. The quantitative estimate of drug-likeness (QED) is 0.774. The average molecular weight is 225 g/mol. The molecule has 0 saturated carbocycles. The molecule has 0 bridgehead atoms. The molecule has 1 unspecified atom stereocenters. The van der Waals surface area contributed by atoms with E-state index in [1.807, 2.05) is 6.07 Å².